The van der Waals surface area contributed by atoms with E-state index in [1.54, 1.807) is 19.1 Å². The molecule has 1 saturated heterocycles. The highest BCUT2D eigenvalue weighted by Crippen LogP contribution is 2.68. The minimum absolute atomic E-state index is 0.0133. The fourth-order valence-electron chi connectivity index (χ4n) is 7.77. The second-order valence-electron chi connectivity index (χ2n) is 14.2. The van der Waals surface area contributed by atoms with E-state index in [9.17, 15) is 24.6 Å². The fraction of sp³-hybridized carbons (Fsp3) is 0.500. The van der Waals surface area contributed by atoms with Crippen LogP contribution in [0.2, 0.25) is 0 Å². The number of ether oxygens (including phenoxy) is 2. The number of rotatable bonds is 10. The average Bonchev–Trinajstić information content (AvgIpc) is 3.12. The van der Waals surface area contributed by atoms with Crippen LogP contribution in [-0.4, -0.2) is 44.9 Å². The van der Waals surface area contributed by atoms with Crippen LogP contribution in [0.4, 0.5) is 0 Å². The zero-order valence-electron chi connectivity index (χ0n) is 27.8. The maximum Gasteiger partial charge on any atom is 0.200 e. The van der Waals surface area contributed by atoms with E-state index in [0.717, 1.165) is 30.3 Å². The molecule has 4 atom stereocenters. The molecular formula is C38H46O7. The number of hydrogen-bond acceptors (Lipinski definition) is 7. The number of fused-ring (bicyclic) bond motifs is 1. The molecule has 1 aromatic rings. The summed E-state index contributed by atoms with van der Waals surface area (Å²) in [5.41, 5.74) is 0.953. The average molecular weight is 615 g/mol. The molecule has 0 aromatic heterocycles. The van der Waals surface area contributed by atoms with Gasteiger partial charge in [0, 0.05) is 35.0 Å². The summed E-state index contributed by atoms with van der Waals surface area (Å²) in [7, 11) is 0. The molecule has 0 radical (unpaired) electrons. The lowest BCUT2D eigenvalue weighted by molar-refractivity contribution is -0.171. The van der Waals surface area contributed by atoms with E-state index in [-0.39, 0.29) is 59.3 Å². The molecule has 7 heteroatoms. The van der Waals surface area contributed by atoms with Gasteiger partial charge in [0.25, 0.3) is 0 Å². The van der Waals surface area contributed by atoms with Gasteiger partial charge in [-0.3, -0.25) is 14.4 Å². The molecule has 45 heavy (non-hydrogen) atoms. The Morgan fingerprint density at radius 3 is 2.24 bits per heavy atom. The fourth-order valence-corrected chi connectivity index (χ4v) is 7.77. The molecule has 1 spiro atoms. The van der Waals surface area contributed by atoms with Gasteiger partial charge in [0.2, 0.25) is 0 Å². The van der Waals surface area contributed by atoms with Crippen molar-refractivity contribution in [1.82, 2.24) is 0 Å². The molecule has 0 amide bonds. The van der Waals surface area contributed by atoms with E-state index >= 15 is 0 Å². The summed E-state index contributed by atoms with van der Waals surface area (Å²) in [5.74, 6) is -1.83. The number of phenolic OH excluding ortho intramolecular Hbond substituents is 2. The molecule has 2 aliphatic heterocycles. The molecule has 2 heterocycles. The van der Waals surface area contributed by atoms with Gasteiger partial charge in [0.15, 0.2) is 22.8 Å². The predicted octanol–water partition coefficient (Wildman–Crippen LogP) is 7.38. The second-order valence-corrected chi connectivity index (χ2v) is 14.2. The molecule has 6 rings (SSSR count). The summed E-state index contributed by atoms with van der Waals surface area (Å²) in [6.45, 7) is 15.5. The maximum atomic E-state index is 14.7. The number of carbonyl (C=O) groups excluding carboxylic acids is 3. The lowest BCUT2D eigenvalue weighted by Crippen LogP contribution is -2.72. The van der Waals surface area contributed by atoms with Gasteiger partial charge >= 0.3 is 0 Å². The number of aromatic hydroxyl groups is 2. The van der Waals surface area contributed by atoms with E-state index in [4.69, 9.17) is 9.47 Å². The number of allylic oxidation sites excluding steroid dienone is 8. The first-order valence-electron chi connectivity index (χ1n) is 16.0. The molecule has 1 saturated carbocycles. The Balaban J connectivity index is 1.71. The van der Waals surface area contributed by atoms with Gasteiger partial charge in [-0.05, 0) is 93.1 Å². The van der Waals surface area contributed by atoms with Gasteiger partial charge in [0.05, 0.1) is 5.60 Å². The number of phenols is 2. The van der Waals surface area contributed by atoms with Crippen LogP contribution in [0.5, 0.6) is 17.2 Å². The van der Waals surface area contributed by atoms with Crippen molar-refractivity contribution in [3.8, 4) is 17.2 Å². The van der Waals surface area contributed by atoms with E-state index in [1.165, 1.54) is 5.57 Å². The van der Waals surface area contributed by atoms with E-state index in [2.05, 4.69) is 19.9 Å². The Hall–Kier alpha value is -3.71. The van der Waals surface area contributed by atoms with Gasteiger partial charge in [-0.2, -0.15) is 0 Å². The van der Waals surface area contributed by atoms with E-state index in [1.807, 2.05) is 46.8 Å². The number of ketones is 2. The van der Waals surface area contributed by atoms with Crippen LogP contribution in [0.25, 0.3) is 0 Å². The van der Waals surface area contributed by atoms with Crippen LogP contribution in [0.15, 0.2) is 58.2 Å². The van der Waals surface area contributed by atoms with Crippen LogP contribution in [0.1, 0.15) is 103 Å². The molecule has 2 unspecified atom stereocenters. The van der Waals surface area contributed by atoms with Gasteiger partial charge in [-0.25, -0.2) is 0 Å². The first-order valence-corrected chi connectivity index (χ1v) is 16.0. The van der Waals surface area contributed by atoms with E-state index in [0.29, 0.717) is 23.1 Å². The Bertz CT molecular complexity index is 1620. The number of benzene rings is 1. The Morgan fingerprint density at radius 2 is 1.60 bits per heavy atom. The van der Waals surface area contributed by atoms with Gasteiger partial charge in [0.1, 0.15) is 29.1 Å². The van der Waals surface area contributed by atoms with Crippen molar-refractivity contribution in [2.24, 2.45) is 11.8 Å². The molecule has 4 bridgehead atoms. The summed E-state index contributed by atoms with van der Waals surface area (Å²) in [6, 6.07) is 0. The molecule has 7 nitrogen and oxygen atoms in total. The third-order valence-electron chi connectivity index (χ3n) is 10.0. The zero-order valence-corrected chi connectivity index (χ0v) is 27.8. The molecule has 5 aliphatic rings. The lowest BCUT2D eigenvalue weighted by atomic mass is 9.51. The largest absolute Gasteiger partial charge is 0.507 e. The highest BCUT2D eigenvalue weighted by molar-refractivity contribution is 6.18. The summed E-state index contributed by atoms with van der Waals surface area (Å²) >= 11 is 0. The second kappa shape index (κ2) is 11.6. The van der Waals surface area contributed by atoms with Gasteiger partial charge in [-0.1, -0.05) is 47.1 Å². The summed E-state index contributed by atoms with van der Waals surface area (Å²) < 4.78 is 13.7. The third-order valence-corrected chi connectivity index (χ3v) is 10.0. The normalized spacial score (nSPS) is 27.8. The quantitative estimate of drug-likeness (QED) is 0.161. The van der Waals surface area contributed by atoms with Gasteiger partial charge in [-0.15, -0.1) is 0 Å². The standard InChI is InChI=1S/C38H46O7/c1-21(2)10-9-11-23(5)13-15-26-31(40)27(14-12-22(3)4)34-30(32(26)41)33(42)28-18-25-19-29-36(7,8)45-37(35(25)43,38(28,29)44-34)17-16-24(6)20-39/h10,12-13,16,18,20,25,29,40-41H,9,11,14-15,17,19H2,1-8H3/t25-,29?,37?,38-/m1/s1. The number of carbonyl (C=O) groups is 3. The summed E-state index contributed by atoms with van der Waals surface area (Å²) in [4.78, 5) is 40.4. The Labute approximate surface area is 266 Å². The van der Waals surface area contributed by atoms with E-state index < -0.39 is 28.5 Å². The minimum atomic E-state index is -1.55. The van der Waals surface area contributed by atoms with Crippen molar-refractivity contribution in [1.29, 1.82) is 0 Å². The maximum absolute atomic E-state index is 14.7. The summed E-state index contributed by atoms with van der Waals surface area (Å²) in [6.07, 6.45) is 12.9. The lowest BCUT2D eigenvalue weighted by Gasteiger charge is -2.56. The molecule has 3 aliphatic carbocycles. The number of hydrogen-bond donors (Lipinski definition) is 2. The van der Waals surface area contributed by atoms with Crippen molar-refractivity contribution in [3.05, 3.63) is 74.9 Å². The van der Waals surface area contributed by atoms with Crippen LogP contribution in [-0.2, 0) is 27.2 Å². The molecule has 2 fully saturated rings. The van der Waals surface area contributed by atoms with Crippen molar-refractivity contribution < 1.29 is 34.1 Å². The van der Waals surface area contributed by atoms with Gasteiger partial charge < -0.3 is 19.7 Å². The van der Waals surface area contributed by atoms with Crippen LogP contribution in [0.3, 0.4) is 0 Å². The number of Topliss-reactive ketones (excluding diaryl/α,β-unsaturated/α-hetero) is 2. The zero-order chi connectivity index (χ0) is 33.1. The van der Waals surface area contributed by atoms with Crippen molar-refractivity contribution in [2.75, 3.05) is 0 Å². The summed E-state index contributed by atoms with van der Waals surface area (Å²) in [5, 5.41) is 23.4. The van der Waals surface area contributed by atoms with Crippen molar-refractivity contribution in [3.63, 3.8) is 0 Å². The monoisotopic (exact) mass is 614 g/mol. The molecule has 240 valence electrons. The smallest absolute Gasteiger partial charge is 0.200 e. The molecule has 2 N–H and O–H groups in total. The predicted molar refractivity (Wildman–Crippen MR) is 174 cm³/mol. The third kappa shape index (κ3) is 5.04. The van der Waals surface area contributed by atoms with Crippen molar-refractivity contribution >= 4 is 17.9 Å². The highest BCUT2D eigenvalue weighted by atomic mass is 16.6. The Morgan fingerprint density at radius 1 is 0.933 bits per heavy atom. The van der Waals surface area contributed by atoms with Crippen LogP contribution >= 0.6 is 0 Å². The first kappa shape index (κ1) is 32.7. The Kier molecular flexibility index (Phi) is 8.41. The minimum Gasteiger partial charge on any atom is -0.507 e. The SMILES string of the molecule is CC(C)=CCCC(C)=CCc1c(O)c(CC=C(C)C)c2c(c1O)C(=O)C1=C[C@@H]3CC4C(C)(C)OC(CC=C(C)C=O)(C3=O)[C@@]14O2. The van der Waals surface area contributed by atoms with Crippen LogP contribution in [0, 0.1) is 11.8 Å². The number of aldehydes is 1. The molecule has 1 aromatic carbocycles. The highest BCUT2D eigenvalue weighted by Gasteiger charge is 2.81. The first-order chi connectivity index (χ1) is 21.1. The molecular weight excluding hydrogens is 568 g/mol. The topological polar surface area (TPSA) is 110 Å². The van der Waals surface area contributed by atoms with Crippen molar-refractivity contribution in [2.45, 2.75) is 111 Å². The van der Waals surface area contributed by atoms with Crippen LogP contribution < -0.4 is 4.74 Å².